The fraction of sp³-hybridized carbons (Fsp3) is 0.0909. The van der Waals surface area contributed by atoms with E-state index in [4.69, 9.17) is 11.5 Å². The number of nitrogens with zero attached hydrogens (tertiary/aromatic N) is 6. The summed E-state index contributed by atoms with van der Waals surface area (Å²) in [6, 6.07) is 17.2. The second-order valence-corrected chi connectivity index (χ2v) is 6.96. The van der Waals surface area contributed by atoms with Gasteiger partial charge in [0.2, 0.25) is 5.95 Å². The lowest BCUT2D eigenvalue weighted by atomic mass is 10.1. The summed E-state index contributed by atoms with van der Waals surface area (Å²) in [7, 11) is 0. The monoisotopic (exact) mass is 423 g/mol. The topological polar surface area (TPSA) is 172 Å². The lowest BCUT2D eigenvalue weighted by Gasteiger charge is -2.20. The van der Waals surface area contributed by atoms with Crippen LogP contribution < -0.4 is 22.3 Å². The number of hydrogen-bond donors (Lipinski definition) is 3. The Labute approximate surface area is 182 Å². The van der Waals surface area contributed by atoms with Crippen molar-refractivity contribution in [3.8, 4) is 17.8 Å². The molecular weight excluding hydrogens is 406 g/mol. The Kier molecular flexibility index (Phi) is 5.11. The number of rotatable bonds is 4. The molecular formula is C22H17N9O. The second kappa shape index (κ2) is 8.05. The number of hydrogen-bond acceptors (Lipinski definition) is 9. The SMILES string of the molecule is C[C@H](Nc1nc(N)nc(N)c1C#N)c1nc2ccc(C#N)cc2c(=O)n1-c1ccccc1. The maximum Gasteiger partial charge on any atom is 0.266 e. The van der Waals surface area contributed by atoms with E-state index in [1.54, 1.807) is 43.3 Å². The zero-order chi connectivity index (χ0) is 22.8. The minimum absolute atomic E-state index is 0.0408. The molecule has 0 aliphatic rings. The van der Waals surface area contributed by atoms with Crippen LogP contribution in [0.1, 0.15) is 29.9 Å². The maximum atomic E-state index is 13.5. The average Bonchev–Trinajstić information content (AvgIpc) is 2.79. The van der Waals surface area contributed by atoms with Crippen LogP contribution in [0.4, 0.5) is 17.6 Å². The number of nitriles is 2. The first-order valence-electron chi connectivity index (χ1n) is 9.54. The molecule has 0 saturated carbocycles. The number of nitrogens with two attached hydrogens (primary N) is 2. The zero-order valence-corrected chi connectivity index (χ0v) is 16.9. The zero-order valence-electron chi connectivity index (χ0n) is 16.9. The predicted molar refractivity (Wildman–Crippen MR) is 120 cm³/mol. The summed E-state index contributed by atoms with van der Waals surface area (Å²) in [5.74, 6) is 0.370. The number of anilines is 3. The Morgan fingerprint density at radius 3 is 2.47 bits per heavy atom. The number of fused-ring (bicyclic) bond motifs is 1. The van der Waals surface area contributed by atoms with Gasteiger partial charge < -0.3 is 16.8 Å². The molecule has 2 aromatic heterocycles. The van der Waals surface area contributed by atoms with Gasteiger partial charge in [-0.15, -0.1) is 0 Å². The molecule has 4 rings (SSSR count). The normalized spacial score (nSPS) is 11.5. The molecule has 0 spiro atoms. The van der Waals surface area contributed by atoms with E-state index < -0.39 is 6.04 Å². The van der Waals surface area contributed by atoms with Crippen LogP contribution in [0.25, 0.3) is 16.6 Å². The van der Waals surface area contributed by atoms with E-state index >= 15 is 0 Å². The summed E-state index contributed by atoms with van der Waals surface area (Å²) >= 11 is 0. The number of nitrogen functional groups attached to an aromatic ring is 2. The fourth-order valence-corrected chi connectivity index (χ4v) is 3.37. The van der Waals surface area contributed by atoms with Gasteiger partial charge in [0.15, 0.2) is 5.82 Å². The highest BCUT2D eigenvalue weighted by atomic mass is 16.1. The molecule has 0 bridgehead atoms. The summed E-state index contributed by atoms with van der Waals surface area (Å²) in [5.41, 5.74) is 12.6. The minimum Gasteiger partial charge on any atom is -0.382 e. The van der Waals surface area contributed by atoms with Crippen molar-refractivity contribution in [2.45, 2.75) is 13.0 Å². The maximum absolute atomic E-state index is 13.5. The van der Waals surface area contributed by atoms with Crippen molar-refractivity contribution in [1.82, 2.24) is 19.5 Å². The highest BCUT2D eigenvalue weighted by Gasteiger charge is 2.21. The molecule has 2 heterocycles. The van der Waals surface area contributed by atoms with E-state index in [1.165, 1.54) is 10.6 Å². The summed E-state index contributed by atoms with van der Waals surface area (Å²) in [5, 5.41) is 22.1. The fourth-order valence-electron chi connectivity index (χ4n) is 3.37. The van der Waals surface area contributed by atoms with Gasteiger partial charge in [0, 0.05) is 0 Å². The first kappa shape index (κ1) is 20.3. The van der Waals surface area contributed by atoms with Crippen LogP contribution in [-0.2, 0) is 0 Å². The van der Waals surface area contributed by atoms with Crippen molar-refractivity contribution >= 4 is 28.5 Å². The lowest BCUT2D eigenvalue weighted by Crippen LogP contribution is -2.27. The molecule has 10 heteroatoms. The van der Waals surface area contributed by atoms with Crippen molar-refractivity contribution in [2.24, 2.45) is 0 Å². The highest BCUT2D eigenvalue weighted by molar-refractivity contribution is 5.79. The molecule has 0 aliphatic heterocycles. The van der Waals surface area contributed by atoms with Gasteiger partial charge in [0.25, 0.3) is 5.56 Å². The third-order valence-corrected chi connectivity index (χ3v) is 4.84. The molecule has 0 unspecified atom stereocenters. The predicted octanol–water partition coefficient (Wildman–Crippen LogP) is 2.26. The molecule has 0 radical (unpaired) electrons. The molecule has 2 aromatic carbocycles. The van der Waals surface area contributed by atoms with Gasteiger partial charge in [-0.3, -0.25) is 9.36 Å². The summed E-state index contributed by atoms with van der Waals surface area (Å²) in [6.07, 6.45) is 0. The average molecular weight is 423 g/mol. The molecule has 156 valence electrons. The molecule has 4 aromatic rings. The van der Waals surface area contributed by atoms with Gasteiger partial charge in [0.1, 0.15) is 23.3 Å². The second-order valence-electron chi connectivity index (χ2n) is 6.96. The number of para-hydroxylation sites is 1. The van der Waals surface area contributed by atoms with Crippen LogP contribution in [0, 0.1) is 22.7 Å². The van der Waals surface area contributed by atoms with E-state index in [0.29, 0.717) is 28.0 Å². The molecule has 10 nitrogen and oxygen atoms in total. The minimum atomic E-state index is -0.580. The molecule has 0 saturated heterocycles. The van der Waals surface area contributed by atoms with Crippen LogP contribution in [0.15, 0.2) is 53.3 Å². The van der Waals surface area contributed by atoms with Gasteiger partial charge in [-0.25, -0.2) is 4.98 Å². The van der Waals surface area contributed by atoms with Gasteiger partial charge in [-0.2, -0.15) is 20.5 Å². The third kappa shape index (κ3) is 3.53. The standard InChI is InChI=1S/C22H17N9O/c1-12(27-19-16(11-24)18(25)29-22(26)30-19)20-28-17-8-7-13(10-23)9-15(17)21(32)31(20)14-5-3-2-4-6-14/h2-9,12H,1H3,(H5,25,26,27,29,30)/t12-/m0/s1. The first-order chi connectivity index (χ1) is 15.4. The molecule has 0 aliphatic carbocycles. The molecule has 5 N–H and O–H groups in total. The van der Waals surface area contributed by atoms with Gasteiger partial charge in [-0.05, 0) is 37.3 Å². The number of aromatic nitrogens is 4. The Bertz CT molecular complexity index is 1480. The van der Waals surface area contributed by atoms with Crippen LogP contribution in [-0.4, -0.2) is 19.5 Å². The van der Waals surface area contributed by atoms with Crippen LogP contribution in [0.2, 0.25) is 0 Å². The van der Waals surface area contributed by atoms with Crippen molar-refractivity contribution in [3.05, 3.63) is 75.8 Å². The summed E-state index contributed by atoms with van der Waals surface area (Å²) < 4.78 is 1.46. The van der Waals surface area contributed by atoms with Crippen molar-refractivity contribution in [1.29, 1.82) is 10.5 Å². The van der Waals surface area contributed by atoms with Gasteiger partial charge >= 0.3 is 0 Å². The largest absolute Gasteiger partial charge is 0.382 e. The smallest absolute Gasteiger partial charge is 0.266 e. The van der Waals surface area contributed by atoms with Crippen LogP contribution >= 0.6 is 0 Å². The van der Waals surface area contributed by atoms with Crippen molar-refractivity contribution < 1.29 is 0 Å². The Balaban J connectivity index is 1.93. The van der Waals surface area contributed by atoms with Crippen molar-refractivity contribution in [3.63, 3.8) is 0 Å². The van der Waals surface area contributed by atoms with Gasteiger partial charge in [-0.1, -0.05) is 18.2 Å². The summed E-state index contributed by atoms with van der Waals surface area (Å²) in [4.78, 5) is 26.0. The van der Waals surface area contributed by atoms with E-state index in [-0.39, 0.29) is 28.7 Å². The number of nitrogens with one attached hydrogen (secondary N) is 1. The van der Waals surface area contributed by atoms with Crippen LogP contribution in [0.3, 0.4) is 0 Å². The quantitative estimate of drug-likeness (QED) is 0.445. The molecule has 0 fully saturated rings. The Morgan fingerprint density at radius 1 is 1.03 bits per heavy atom. The van der Waals surface area contributed by atoms with Crippen LogP contribution in [0.5, 0.6) is 0 Å². The van der Waals surface area contributed by atoms with E-state index in [9.17, 15) is 15.3 Å². The van der Waals surface area contributed by atoms with E-state index in [0.717, 1.165) is 0 Å². The lowest BCUT2D eigenvalue weighted by molar-refractivity contribution is 0.731. The number of benzene rings is 2. The van der Waals surface area contributed by atoms with Crippen molar-refractivity contribution in [2.75, 3.05) is 16.8 Å². The molecule has 32 heavy (non-hydrogen) atoms. The van der Waals surface area contributed by atoms with E-state index in [1.807, 2.05) is 18.2 Å². The van der Waals surface area contributed by atoms with Gasteiger partial charge in [0.05, 0.1) is 34.3 Å². The highest BCUT2D eigenvalue weighted by Crippen LogP contribution is 2.25. The first-order valence-corrected chi connectivity index (χ1v) is 9.54. The molecule has 1 atom stereocenters. The Hall–Kier alpha value is -4.96. The summed E-state index contributed by atoms with van der Waals surface area (Å²) in [6.45, 7) is 1.77. The Morgan fingerprint density at radius 2 is 1.78 bits per heavy atom. The van der Waals surface area contributed by atoms with E-state index in [2.05, 4.69) is 20.3 Å². The molecule has 0 amide bonds. The third-order valence-electron chi connectivity index (χ3n) is 4.84.